The molecule has 0 aliphatic carbocycles. The standard InChI is InChI=1S/C16H18N4O2/c1-9-7-18-12(8-17-9)14-16(2,3)11-6-4-5-10(13(11)19-14)15(21)20-22/h4-8,14,19,22H,1-3H3,(H,20,21)/t14-/m1/s1. The first-order valence-electron chi connectivity index (χ1n) is 7.08. The molecule has 6 nitrogen and oxygen atoms in total. The molecule has 0 bridgehead atoms. The number of fused-ring (bicyclic) bond motifs is 1. The third kappa shape index (κ3) is 2.12. The summed E-state index contributed by atoms with van der Waals surface area (Å²) in [7, 11) is 0. The van der Waals surface area contributed by atoms with Crippen LogP contribution in [0.3, 0.4) is 0 Å². The third-order valence-corrected chi connectivity index (χ3v) is 4.21. The predicted octanol–water partition coefficient (Wildman–Crippen LogP) is 2.35. The van der Waals surface area contributed by atoms with E-state index in [-0.39, 0.29) is 11.5 Å². The number of rotatable bonds is 2. The predicted molar refractivity (Wildman–Crippen MR) is 81.9 cm³/mol. The molecule has 2 aromatic rings. The molecule has 1 aromatic carbocycles. The molecular weight excluding hydrogens is 280 g/mol. The number of aromatic nitrogens is 2. The van der Waals surface area contributed by atoms with E-state index in [4.69, 9.17) is 5.21 Å². The quantitative estimate of drug-likeness (QED) is 0.585. The smallest absolute Gasteiger partial charge is 0.276 e. The maximum Gasteiger partial charge on any atom is 0.276 e. The van der Waals surface area contributed by atoms with Gasteiger partial charge >= 0.3 is 0 Å². The minimum absolute atomic E-state index is 0.0942. The Balaban J connectivity index is 2.08. The van der Waals surface area contributed by atoms with Crippen molar-refractivity contribution in [3.63, 3.8) is 0 Å². The Morgan fingerprint density at radius 2 is 2.09 bits per heavy atom. The van der Waals surface area contributed by atoms with Crippen molar-refractivity contribution < 1.29 is 10.0 Å². The van der Waals surface area contributed by atoms with Gasteiger partial charge in [0.25, 0.3) is 5.91 Å². The molecule has 0 unspecified atom stereocenters. The number of hydrogen-bond donors (Lipinski definition) is 3. The van der Waals surface area contributed by atoms with Crippen molar-refractivity contribution in [2.75, 3.05) is 5.32 Å². The van der Waals surface area contributed by atoms with E-state index in [2.05, 4.69) is 29.1 Å². The van der Waals surface area contributed by atoms with Crippen LogP contribution in [-0.4, -0.2) is 21.1 Å². The van der Waals surface area contributed by atoms with Crippen molar-refractivity contribution in [2.45, 2.75) is 32.2 Å². The number of para-hydroxylation sites is 1. The van der Waals surface area contributed by atoms with E-state index >= 15 is 0 Å². The molecular formula is C16H18N4O2. The Morgan fingerprint density at radius 3 is 2.73 bits per heavy atom. The molecule has 0 radical (unpaired) electrons. The lowest BCUT2D eigenvalue weighted by Gasteiger charge is -2.26. The molecule has 1 aromatic heterocycles. The van der Waals surface area contributed by atoms with E-state index in [1.165, 1.54) is 0 Å². The van der Waals surface area contributed by atoms with Crippen molar-refractivity contribution >= 4 is 11.6 Å². The van der Waals surface area contributed by atoms with Gasteiger partial charge in [0.2, 0.25) is 0 Å². The Kier molecular flexibility index (Phi) is 3.33. The van der Waals surface area contributed by atoms with Gasteiger partial charge < -0.3 is 5.32 Å². The second-order valence-corrected chi connectivity index (χ2v) is 6.05. The fraction of sp³-hybridized carbons (Fsp3) is 0.312. The molecule has 1 amide bonds. The Hall–Kier alpha value is -2.47. The highest BCUT2D eigenvalue weighted by Gasteiger charge is 2.42. The molecule has 0 saturated carbocycles. The SMILES string of the molecule is Cc1cnc([C@H]2Nc3c(C(=O)NO)cccc3C2(C)C)cn1. The average Bonchev–Trinajstić information content (AvgIpc) is 2.79. The number of nitrogens with one attached hydrogen (secondary N) is 2. The number of hydroxylamine groups is 1. The highest BCUT2D eigenvalue weighted by Crippen LogP contribution is 2.48. The fourth-order valence-corrected chi connectivity index (χ4v) is 2.97. The van der Waals surface area contributed by atoms with Gasteiger partial charge in [-0.15, -0.1) is 0 Å². The van der Waals surface area contributed by atoms with E-state index in [0.29, 0.717) is 5.56 Å². The van der Waals surface area contributed by atoms with E-state index in [1.807, 2.05) is 19.1 Å². The van der Waals surface area contributed by atoms with Crippen LogP contribution in [0.1, 0.15) is 47.2 Å². The largest absolute Gasteiger partial charge is 0.375 e. The number of anilines is 1. The van der Waals surface area contributed by atoms with E-state index < -0.39 is 5.91 Å². The first kappa shape index (κ1) is 14.5. The molecule has 22 heavy (non-hydrogen) atoms. The second kappa shape index (κ2) is 5.06. The van der Waals surface area contributed by atoms with Gasteiger partial charge in [0.05, 0.1) is 34.9 Å². The number of hydrogen-bond acceptors (Lipinski definition) is 5. The highest BCUT2D eigenvalue weighted by molar-refractivity contribution is 6.00. The van der Waals surface area contributed by atoms with E-state index in [0.717, 1.165) is 22.6 Å². The number of aryl methyl sites for hydroxylation is 1. The van der Waals surface area contributed by atoms with Crippen molar-refractivity contribution in [1.29, 1.82) is 0 Å². The minimum atomic E-state index is -0.532. The van der Waals surface area contributed by atoms with Crippen molar-refractivity contribution in [1.82, 2.24) is 15.4 Å². The van der Waals surface area contributed by atoms with Gasteiger partial charge in [0.1, 0.15) is 0 Å². The van der Waals surface area contributed by atoms with Crippen LogP contribution < -0.4 is 10.8 Å². The van der Waals surface area contributed by atoms with Crippen LogP contribution in [0.2, 0.25) is 0 Å². The van der Waals surface area contributed by atoms with Crippen molar-refractivity contribution in [3.05, 3.63) is 53.1 Å². The van der Waals surface area contributed by atoms with Gasteiger partial charge in [0.15, 0.2) is 0 Å². The lowest BCUT2D eigenvalue weighted by atomic mass is 9.79. The van der Waals surface area contributed by atoms with Crippen LogP contribution in [0.4, 0.5) is 5.69 Å². The number of carbonyl (C=O) groups is 1. The summed E-state index contributed by atoms with van der Waals surface area (Å²) in [4.78, 5) is 20.6. The summed E-state index contributed by atoms with van der Waals surface area (Å²) >= 11 is 0. The van der Waals surface area contributed by atoms with Crippen LogP contribution in [0.5, 0.6) is 0 Å². The van der Waals surface area contributed by atoms with Crippen LogP contribution in [0.15, 0.2) is 30.6 Å². The fourth-order valence-electron chi connectivity index (χ4n) is 2.97. The number of benzene rings is 1. The summed E-state index contributed by atoms with van der Waals surface area (Å²) in [5.41, 5.74) is 5.27. The topological polar surface area (TPSA) is 87.1 Å². The van der Waals surface area contributed by atoms with Crippen molar-refractivity contribution in [3.8, 4) is 0 Å². The van der Waals surface area contributed by atoms with Gasteiger partial charge in [-0.25, -0.2) is 5.48 Å². The van der Waals surface area contributed by atoms with Gasteiger partial charge in [-0.3, -0.25) is 20.0 Å². The van der Waals surface area contributed by atoms with Crippen LogP contribution >= 0.6 is 0 Å². The molecule has 6 heteroatoms. The summed E-state index contributed by atoms with van der Waals surface area (Å²) < 4.78 is 0. The average molecular weight is 298 g/mol. The van der Waals surface area contributed by atoms with Crippen LogP contribution in [0, 0.1) is 6.92 Å². The maximum atomic E-state index is 11.8. The van der Waals surface area contributed by atoms with Gasteiger partial charge in [0, 0.05) is 11.6 Å². The lowest BCUT2D eigenvalue weighted by Crippen LogP contribution is -2.26. The summed E-state index contributed by atoms with van der Waals surface area (Å²) in [6.07, 6.45) is 3.49. The summed E-state index contributed by atoms with van der Waals surface area (Å²) in [6.45, 7) is 6.08. The van der Waals surface area contributed by atoms with E-state index in [9.17, 15) is 4.79 Å². The summed E-state index contributed by atoms with van der Waals surface area (Å²) in [6, 6.07) is 5.38. The van der Waals surface area contributed by atoms with Crippen LogP contribution in [0.25, 0.3) is 0 Å². The van der Waals surface area contributed by atoms with Gasteiger partial charge in [-0.1, -0.05) is 26.0 Å². The molecule has 2 heterocycles. The molecule has 0 saturated heterocycles. The van der Waals surface area contributed by atoms with E-state index in [1.54, 1.807) is 23.9 Å². The Bertz CT molecular complexity index is 725. The molecule has 3 N–H and O–H groups in total. The molecule has 3 rings (SSSR count). The Morgan fingerprint density at radius 1 is 1.32 bits per heavy atom. The minimum Gasteiger partial charge on any atom is -0.375 e. The normalized spacial score (nSPS) is 18.5. The third-order valence-electron chi connectivity index (χ3n) is 4.21. The van der Waals surface area contributed by atoms with Gasteiger partial charge in [-0.2, -0.15) is 0 Å². The summed E-state index contributed by atoms with van der Waals surface area (Å²) in [5.74, 6) is -0.532. The number of carbonyl (C=O) groups excluding carboxylic acids is 1. The number of amides is 1. The van der Waals surface area contributed by atoms with Gasteiger partial charge in [-0.05, 0) is 18.6 Å². The second-order valence-electron chi connectivity index (χ2n) is 6.05. The number of nitrogens with zero attached hydrogens (tertiary/aromatic N) is 2. The zero-order chi connectivity index (χ0) is 15.9. The molecule has 0 spiro atoms. The first-order chi connectivity index (χ1) is 10.4. The molecule has 1 atom stereocenters. The molecule has 1 aliphatic heterocycles. The molecule has 114 valence electrons. The summed E-state index contributed by atoms with van der Waals surface area (Å²) in [5, 5.41) is 12.3. The van der Waals surface area contributed by atoms with Crippen molar-refractivity contribution in [2.24, 2.45) is 0 Å². The maximum absolute atomic E-state index is 11.8. The first-order valence-corrected chi connectivity index (χ1v) is 7.08. The molecule has 0 fully saturated rings. The molecule has 1 aliphatic rings. The monoisotopic (exact) mass is 298 g/mol. The lowest BCUT2D eigenvalue weighted by molar-refractivity contribution is 0.0707. The van der Waals surface area contributed by atoms with Crippen LogP contribution in [-0.2, 0) is 5.41 Å². The highest BCUT2D eigenvalue weighted by atomic mass is 16.5. The zero-order valence-electron chi connectivity index (χ0n) is 12.7. The zero-order valence-corrected chi connectivity index (χ0v) is 12.7. The Labute approximate surface area is 128 Å².